The number of benzene rings is 3. The normalized spacial score (nSPS) is 18.6. The highest BCUT2D eigenvalue weighted by Crippen LogP contribution is 2.41. The lowest BCUT2D eigenvalue weighted by Crippen LogP contribution is -3.14. The van der Waals surface area contributed by atoms with Crippen LogP contribution >= 0.6 is 0 Å². The molecular formula is C34H38N2O7. The minimum atomic E-state index is -0.856. The summed E-state index contributed by atoms with van der Waals surface area (Å²) in [6.45, 7) is 8.44. The van der Waals surface area contributed by atoms with Crippen molar-refractivity contribution in [3.8, 4) is 17.2 Å². The largest absolute Gasteiger partial charge is 0.872 e. The number of amides is 1. The standard InChI is InChI=1S/C34H38N2O7/c1-4-42-28-13-10-25(21-29(28)40-3)31-30(33(38)34(39)36(31)15-14-35-16-18-41-19-17-35)32(37)27-12-11-26(20-23(27)2)43-22-24-8-6-5-7-9-24/h5-13,20-21,31,37H,4,14-19,22H2,1-3H3. The molecule has 0 saturated carbocycles. The number of rotatable bonds is 11. The van der Waals surface area contributed by atoms with Crippen molar-refractivity contribution in [2.24, 2.45) is 0 Å². The van der Waals surface area contributed by atoms with Crippen molar-refractivity contribution in [3.63, 3.8) is 0 Å². The molecule has 2 saturated heterocycles. The van der Waals surface area contributed by atoms with Crippen LogP contribution in [0.1, 0.15) is 35.2 Å². The van der Waals surface area contributed by atoms with Gasteiger partial charge in [-0.15, -0.1) is 0 Å². The van der Waals surface area contributed by atoms with Crippen LogP contribution in [-0.4, -0.2) is 69.7 Å². The lowest BCUT2D eigenvalue weighted by molar-refractivity contribution is -0.907. The number of quaternary nitrogens is 1. The molecule has 1 N–H and O–H groups in total. The minimum Gasteiger partial charge on any atom is -0.872 e. The number of likely N-dealkylation sites (tertiary alicyclic amines) is 1. The maximum atomic E-state index is 14.1. The van der Waals surface area contributed by atoms with Crippen molar-refractivity contribution in [1.82, 2.24) is 4.90 Å². The Hall–Kier alpha value is -4.34. The molecule has 5 rings (SSSR count). The molecule has 1 atom stereocenters. The number of methoxy groups -OCH3 is 1. The highest BCUT2D eigenvalue weighted by Gasteiger charge is 2.45. The van der Waals surface area contributed by atoms with Gasteiger partial charge in [0.25, 0.3) is 5.91 Å². The topological polar surface area (TPSA) is 102 Å². The summed E-state index contributed by atoms with van der Waals surface area (Å²) in [5.74, 6) is -0.293. The maximum absolute atomic E-state index is 14.1. The zero-order valence-corrected chi connectivity index (χ0v) is 24.9. The predicted molar refractivity (Wildman–Crippen MR) is 159 cm³/mol. The van der Waals surface area contributed by atoms with Gasteiger partial charge in [-0.05, 0) is 60.4 Å². The molecule has 2 heterocycles. The number of nitrogens with one attached hydrogen (secondary N) is 1. The first-order valence-corrected chi connectivity index (χ1v) is 14.7. The number of carbonyl (C=O) groups excluding carboxylic acids is 2. The molecule has 0 bridgehead atoms. The van der Waals surface area contributed by atoms with E-state index in [1.165, 1.54) is 16.9 Å². The van der Waals surface area contributed by atoms with E-state index in [4.69, 9.17) is 18.9 Å². The van der Waals surface area contributed by atoms with Gasteiger partial charge in [-0.2, -0.15) is 0 Å². The van der Waals surface area contributed by atoms with Crippen LogP contribution in [0.4, 0.5) is 0 Å². The first-order valence-electron chi connectivity index (χ1n) is 14.7. The second-order valence-corrected chi connectivity index (χ2v) is 10.7. The van der Waals surface area contributed by atoms with Gasteiger partial charge < -0.3 is 33.9 Å². The first kappa shape index (κ1) is 30.1. The number of ether oxygens (including phenoxy) is 4. The molecule has 1 unspecified atom stereocenters. The van der Waals surface area contributed by atoms with Crippen LogP contribution in [-0.2, 0) is 20.9 Å². The molecule has 0 aromatic heterocycles. The molecule has 0 radical (unpaired) electrons. The van der Waals surface area contributed by atoms with Crippen molar-refractivity contribution in [2.45, 2.75) is 26.5 Å². The lowest BCUT2D eigenvalue weighted by atomic mass is 9.93. The van der Waals surface area contributed by atoms with Gasteiger partial charge in [0.2, 0.25) is 5.78 Å². The van der Waals surface area contributed by atoms with Gasteiger partial charge in [-0.3, -0.25) is 9.59 Å². The highest BCUT2D eigenvalue weighted by molar-refractivity contribution is 6.46. The Morgan fingerprint density at radius 2 is 1.77 bits per heavy atom. The number of morpholine rings is 1. The van der Waals surface area contributed by atoms with Crippen molar-refractivity contribution in [3.05, 3.63) is 94.6 Å². The predicted octanol–water partition coefficient (Wildman–Crippen LogP) is 2.12. The molecular weight excluding hydrogens is 548 g/mol. The Balaban J connectivity index is 1.50. The third-order valence-electron chi connectivity index (χ3n) is 7.93. The molecule has 0 aliphatic carbocycles. The molecule has 226 valence electrons. The Morgan fingerprint density at radius 1 is 1.00 bits per heavy atom. The van der Waals surface area contributed by atoms with Gasteiger partial charge in [-0.25, -0.2) is 0 Å². The third kappa shape index (κ3) is 6.68. The van der Waals surface area contributed by atoms with E-state index in [0.29, 0.717) is 73.5 Å². The van der Waals surface area contributed by atoms with E-state index in [2.05, 4.69) is 0 Å². The fourth-order valence-electron chi connectivity index (χ4n) is 5.63. The first-order chi connectivity index (χ1) is 20.9. The summed E-state index contributed by atoms with van der Waals surface area (Å²) in [6, 6.07) is 19.4. The van der Waals surface area contributed by atoms with Gasteiger partial charge in [0.15, 0.2) is 11.5 Å². The summed E-state index contributed by atoms with van der Waals surface area (Å²) in [4.78, 5) is 29.9. The van der Waals surface area contributed by atoms with E-state index >= 15 is 0 Å². The van der Waals surface area contributed by atoms with Crippen LogP contribution in [0.15, 0.2) is 72.3 Å². The summed E-state index contributed by atoms with van der Waals surface area (Å²) in [5.41, 5.74) is 2.59. The summed E-state index contributed by atoms with van der Waals surface area (Å²) in [6.07, 6.45) is 0. The van der Waals surface area contributed by atoms with Crippen LogP contribution in [0, 0.1) is 6.92 Å². The Morgan fingerprint density at radius 3 is 2.47 bits per heavy atom. The Labute approximate surface area is 252 Å². The lowest BCUT2D eigenvalue weighted by Gasteiger charge is -2.30. The highest BCUT2D eigenvalue weighted by atomic mass is 16.5. The maximum Gasteiger partial charge on any atom is 0.295 e. The minimum absolute atomic E-state index is 0.0609. The number of aryl methyl sites for hydroxylation is 1. The smallest absolute Gasteiger partial charge is 0.295 e. The van der Waals surface area contributed by atoms with E-state index in [1.54, 1.807) is 43.3 Å². The van der Waals surface area contributed by atoms with E-state index < -0.39 is 23.5 Å². The molecule has 2 aliphatic heterocycles. The van der Waals surface area contributed by atoms with E-state index in [0.717, 1.165) is 18.7 Å². The van der Waals surface area contributed by atoms with Crippen molar-refractivity contribution in [1.29, 1.82) is 0 Å². The molecule has 1 amide bonds. The molecule has 2 fully saturated rings. The summed E-state index contributed by atoms with van der Waals surface area (Å²) < 4.78 is 22.7. The average molecular weight is 587 g/mol. The van der Waals surface area contributed by atoms with Crippen LogP contribution < -0.4 is 24.2 Å². The monoisotopic (exact) mass is 586 g/mol. The number of ketones is 1. The van der Waals surface area contributed by atoms with Crippen molar-refractivity contribution in [2.75, 3.05) is 53.1 Å². The number of Topliss-reactive ketones (excluding diaryl/α,β-unsaturated/α-hetero) is 1. The van der Waals surface area contributed by atoms with Gasteiger partial charge in [0.1, 0.15) is 25.4 Å². The van der Waals surface area contributed by atoms with Gasteiger partial charge in [0.05, 0.1) is 46.1 Å². The molecule has 9 heteroatoms. The van der Waals surface area contributed by atoms with E-state index in [1.807, 2.05) is 37.3 Å². The molecule has 43 heavy (non-hydrogen) atoms. The zero-order chi connectivity index (χ0) is 30.3. The Bertz CT molecular complexity index is 1480. The molecule has 9 nitrogen and oxygen atoms in total. The number of nitrogens with zero attached hydrogens (tertiary/aromatic N) is 1. The fraction of sp³-hybridized carbons (Fsp3) is 0.353. The van der Waals surface area contributed by atoms with Gasteiger partial charge in [0, 0.05) is 5.57 Å². The van der Waals surface area contributed by atoms with Crippen LogP contribution in [0.5, 0.6) is 17.2 Å². The molecule has 2 aliphatic rings. The second kappa shape index (κ2) is 13.8. The van der Waals surface area contributed by atoms with E-state index in [9.17, 15) is 14.7 Å². The summed E-state index contributed by atoms with van der Waals surface area (Å²) >= 11 is 0. The van der Waals surface area contributed by atoms with Gasteiger partial charge >= 0.3 is 0 Å². The van der Waals surface area contributed by atoms with E-state index in [-0.39, 0.29) is 5.57 Å². The average Bonchev–Trinajstić information content (AvgIpc) is 3.29. The third-order valence-corrected chi connectivity index (χ3v) is 7.93. The molecule has 0 spiro atoms. The molecule has 3 aromatic rings. The zero-order valence-electron chi connectivity index (χ0n) is 24.9. The number of hydrogen-bond donors (Lipinski definition) is 1. The number of hydrogen-bond acceptors (Lipinski definition) is 7. The quantitative estimate of drug-likeness (QED) is 0.209. The SMILES string of the molecule is CCOc1ccc(C2C(=C([O-])c3ccc(OCc4ccccc4)cc3C)C(=O)C(=O)N2CC[NH+]2CCOCC2)cc1OC. The Kier molecular flexibility index (Phi) is 9.64. The molecule has 3 aromatic carbocycles. The van der Waals surface area contributed by atoms with Crippen molar-refractivity contribution >= 4 is 17.4 Å². The summed E-state index contributed by atoms with van der Waals surface area (Å²) in [7, 11) is 1.53. The second-order valence-electron chi connectivity index (χ2n) is 10.7. The summed E-state index contributed by atoms with van der Waals surface area (Å²) in [5, 5.41) is 14.1. The van der Waals surface area contributed by atoms with Crippen molar-refractivity contribution < 1.29 is 38.5 Å². The number of carbonyl (C=O) groups is 2. The fourth-order valence-corrected chi connectivity index (χ4v) is 5.63. The van der Waals surface area contributed by atoms with Crippen LogP contribution in [0.2, 0.25) is 0 Å². The van der Waals surface area contributed by atoms with Crippen LogP contribution in [0.3, 0.4) is 0 Å². The van der Waals surface area contributed by atoms with Crippen LogP contribution in [0.25, 0.3) is 5.76 Å². The van der Waals surface area contributed by atoms with Gasteiger partial charge in [-0.1, -0.05) is 48.2 Å².